The maximum atomic E-state index is 11.7. The van der Waals surface area contributed by atoms with Gasteiger partial charge < -0.3 is 10.6 Å². The summed E-state index contributed by atoms with van der Waals surface area (Å²) in [7, 11) is 0. The maximum Gasteiger partial charge on any atom is 0.221 e. The van der Waals surface area contributed by atoms with Crippen LogP contribution in [0.1, 0.15) is 52.9 Å². The number of carbonyl (C=O) groups excluding carboxylic acids is 1. The van der Waals surface area contributed by atoms with Crippen molar-refractivity contribution in [3.63, 3.8) is 0 Å². The molecule has 3 nitrogen and oxygen atoms in total. The summed E-state index contributed by atoms with van der Waals surface area (Å²) >= 11 is 0. The van der Waals surface area contributed by atoms with E-state index >= 15 is 0 Å². The predicted molar refractivity (Wildman–Crippen MR) is 67.3 cm³/mol. The van der Waals surface area contributed by atoms with Crippen molar-refractivity contribution in [3.05, 3.63) is 0 Å². The zero-order valence-corrected chi connectivity index (χ0v) is 10.9. The van der Waals surface area contributed by atoms with Crippen molar-refractivity contribution in [3.8, 4) is 0 Å². The van der Waals surface area contributed by atoms with Crippen LogP contribution in [0.4, 0.5) is 0 Å². The van der Waals surface area contributed by atoms with E-state index in [-0.39, 0.29) is 5.91 Å². The van der Waals surface area contributed by atoms with E-state index in [0.717, 1.165) is 25.3 Å². The summed E-state index contributed by atoms with van der Waals surface area (Å²) in [6.45, 7) is 7.61. The van der Waals surface area contributed by atoms with Crippen molar-refractivity contribution in [1.29, 1.82) is 0 Å². The lowest BCUT2D eigenvalue weighted by Gasteiger charge is -2.16. The SMILES string of the molecule is CC(C)CCC(C)NC(=O)CC1CCCN1. The van der Waals surface area contributed by atoms with Crippen molar-refractivity contribution in [2.75, 3.05) is 6.54 Å². The normalized spacial score (nSPS) is 22.4. The van der Waals surface area contributed by atoms with Crippen LogP contribution in [0.2, 0.25) is 0 Å². The van der Waals surface area contributed by atoms with E-state index in [1.54, 1.807) is 0 Å². The fourth-order valence-electron chi connectivity index (χ4n) is 2.14. The van der Waals surface area contributed by atoms with Crippen LogP contribution < -0.4 is 10.6 Å². The Morgan fingerprint density at radius 1 is 1.38 bits per heavy atom. The smallest absolute Gasteiger partial charge is 0.221 e. The highest BCUT2D eigenvalue weighted by atomic mass is 16.1. The molecule has 1 aliphatic rings. The van der Waals surface area contributed by atoms with Gasteiger partial charge in [0.2, 0.25) is 5.91 Å². The van der Waals surface area contributed by atoms with Crippen LogP contribution in [-0.4, -0.2) is 24.5 Å². The molecule has 1 saturated heterocycles. The molecule has 3 heteroatoms. The molecule has 0 aromatic heterocycles. The van der Waals surface area contributed by atoms with Crippen molar-refractivity contribution >= 4 is 5.91 Å². The monoisotopic (exact) mass is 226 g/mol. The topological polar surface area (TPSA) is 41.1 Å². The van der Waals surface area contributed by atoms with Crippen LogP contribution in [0.15, 0.2) is 0 Å². The standard InChI is InChI=1S/C13H26N2O/c1-10(2)6-7-11(3)15-13(16)9-12-5-4-8-14-12/h10-12,14H,4-9H2,1-3H3,(H,15,16). The number of amides is 1. The molecule has 0 aliphatic carbocycles. The Kier molecular flexibility index (Phi) is 5.81. The molecule has 2 atom stereocenters. The highest BCUT2D eigenvalue weighted by Crippen LogP contribution is 2.10. The van der Waals surface area contributed by atoms with Gasteiger partial charge in [0, 0.05) is 18.5 Å². The molecule has 1 rings (SSSR count). The third-order valence-electron chi connectivity index (χ3n) is 3.18. The molecule has 0 aromatic rings. The Balaban J connectivity index is 2.12. The van der Waals surface area contributed by atoms with E-state index < -0.39 is 0 Å². The maximum absolute atomic E-state index is 11.7. The molecule has 94 valence electrons. The molecular weight excluding hydrogens is 200 g/mol. The molecular formula is C13H26N2O. The summed E-state index contributed by atoms with van der Waals surface area (Å²) < 4.78 is 0. The van der Waals surface area contributed by atoms with E-state index in [2.05, 4.69) is 31.4 Å². The van der Waals surface area contributed by atoms with Gasteiger partial charge in [-0.05, 0) is 45.1 Å². The molecule has 0 radical (unpaired) electrons. The van der Waals surface area contributed by atoms with Gasteiger partial charge in [-0.2, -0.15) is 0 Å². The predicted octanol–water partition coefficient (Wildman–Crippen LogP) is 2.07. The van der Waals surface area contributed by atoms with Gasteiger partial charge in [-0.1, -0.05) is 13.8 Å². The van der Waals surface area contributed by atoms with E-state index in [4.69, 9.17) is 0 Å². The summed E-state index contributed by atoms with van der Waals surface area (Å²) in [5.74, 6) is 0.923. The van der Waals surface area contributed by atoms with E-state index in [0.29, 0.717) is 18.5 Å². The number of hydrogen-bond donors (Lipinski definition) is 2. The van der Waals surface area contributed by atoms with Crippen LogP contribution in [0.3, 0.4) is 0 Å². The summed E-state index contributed by atoms with van der Waals surface area (Å²) in [5.41, 5.74) is 0. The minimum atomic E-state index is 0.204. The van der Waals surface area contributed by atoms with Crippen LogP contribution >= 0.6 is 0 Å². The molecule has 1 heterocycles. The second-order valence-corrected chi connectivity index (χ2v) is 5.44. The molecule has 2 unspecified atom stereocenters. The molecule has 1 amide bonds. The average molecular weight is 226 g/mol. The first-order chi connectivity index (χ1) is 7.58. The molecule has 0 aromatic carbocycles. The van der Waals surface area contributed by atoms with Crippen LogP contribution in [0.5, 0.6) is 0 Å². The summed E-state index contributed by atoms with van der Waals surface area (Å²) in [6.07, 6.45) is 5.27. The number of nitrogens with one attached hydrogen (secondary N) is 2. The van der Waals surface area contributed by atoms with Crippen molar-refractivity contribution in [2.24, 2.45) is 5.92 Å². The largest absolute Gasteiger partial charge is 0.354 e. The molecule has 1 fully saturated rings. The molecule has 0 bridgehead atoms. The van der Waals surface area contributed by atoms with Crippen LogP contribution in [0.25, 0.3) is 0 Å². The van der Waals surface area contributed by atoms with Crippen molar-refractivity contribution < 1.29 is 4.79 Å². The first kappa shape index (κ1) is 13.5. The van der Waals surface area contributed by atoms with E-state index in [9.17, 15) is 4.79 Å². The van der Waals surface area contributed by atoms with E-state index in [1.807, 2.05) is 0 Å². The lowest BCUT2D eigenvalue weighted by atomic mass is 10.0. The van der Waals surface area contributed by atoms with E-state index in [1.165, 1.54) is 12.8 Å². The zero-order chi connectivity index (χ0) is 12.0. The van der Waals surface area contributed by atoms with Gasteiger partial charge in [-0.15, -0.1) is 0 Å². The highest BCUT2D eigenvalue weighted by molar-refractivity contribution is 5.76. The lowest BCUT2D eigenvalue weighted by molar-refractivity contribution is -0.122. The fraction of sp³-hybridized carbons (Fsp3) is 0.923. The lowest BCUT2D eigenvalue weighted by Crippen LogP contribution is -2.36. The van der Waals surface area contributed by atoms with Crippen molar-refractivity contribution in [2.45, 2.75) is 65.0 Å². The summed E-state index contributed by atoms with van der Waals surface area (Å²) in [6, 6.07) is 0.730. The third kappa shape index (κ3) is 5.50. The molecule has 1 aliphatic heterocycles. The van der Waals surface area contributed by atoms with Crippen molar-refractivity contribution in [1.82, 2.24) is 10.6 Å². The number of hydrogen-bond acceptors (Lipinski definition) is 2. The molecule has 0 saturated carbocycles. The van der Waals surface area contributed by atoms with Gasteiger partial charge in [-0.3, -0.25) is 4.79 Å². The van der Waals surface area contributed by atoms with Crippen LogP contribution in [-0.2, 0) is 4.79 Å². The highest BCUT2D eigenvalue weighted by Gasteiger charge is 2.18. The Bertz CT molecular complexity index is 210. The molecule has 0 spiro atoms. The number of carbonyl (C=O) groups is 1. The first-order valence-corrected chi connectivity index (χ1v) is 6.60. The zero-order valence-electron chi connectivity index (χ0n) is 10.9. The molecule has 2 N–H and O–H groups in total. The third-order valence-corrected chi connectivity index (χ3v) is 3.18. The van der Waals surface area contributed by atoms with Gasteiger partial charge in [0.25, 0.3) is 0 Å². The van der Waals surface area contributed by atoms with Gasteiger partial charge in [-0.25, -0.2) is 0 Å². The quantitative estimate of drug-likeness (QED) is 0.728. The second-order valence-electron chi connectivity index (χ2n) is 5.44. The molecule has 16 heavy (non-hydrogen) atoms. The van der Waals surface area contributed by atoms with Gasteiger partial charge in [0.1, 0.15) is 0 Å². The average Bonchev–Trinajstić information content (AvgIpc) is 2.67. The van der Waals surface area contributed by atoms with Gasteiger partial charge in [0.15, 0.2) is 0 Å². The second kappa shape index (κ2) is 6.89. The first-order valence-electron chi connectivity index (χ1n) is 6.60. The Morgan fingerprint density at radius 2 is 2.12 bits per heavy atom. The fourth-order valence-corrected chi connectivity index (χ4v) is 2.14. The Labute approximate surface area is 99.4 Å². The number of rotatable bonds is 6. The summed E-state index contributed by atoms with van der Waals surface area (Å²) in [4.78, 5) is 11.7. The van der Waals surface area contributed by atoms with Crippen LogP contribution in [0, 0.1) is 5.92 Å². The minimum Gasteiger partial charge on any atom is -0.354 e. The minimum absolute atomic E-state index is 0.204. The van der Waals surface area contributed by atoms with Gasteiger partial charge in [0.05, 0.1) is 0 Å². The summed E-state index contributed by atoms with van der Waals surface area (Å²) in [5, 5.41) is 6.43. The Hall–Kier alpha value is -0.570. The van der Waals surface area contributed by atoms with Gasteiger partial charge >= 0.3 is 0 Å². The Morgan fingerprint density at radius 3 is 2.69 bits per heavy atom.